The maximum Gasteiger partial charge on any atom is 0.387 e. The van der Waals surface area contributed by atoms with E-state index < -0.39 is 18.1 Å². The lowest BCUT2D eigenvalue weighted by Gasteiger charge is -2.29. The van der Waals surface area contributed by atoms with Gasteiger partial charge in [-0.1, -0.05) is 42.5 Å². The Morgan fingerprint density at radius 2 is 1.80 bits per heavy atom. The van der Waals surface area contributed by atoms with Crippen molar-refractivity contribution in [3.8, 4) is 11.6 Å². The van der Waals surface area contributed by atoms with E-state index in [1.54, 1.807) is 52.8 Å². The van der Waals surface area contributed by atoms with E-state index in [9.17, 15) is 18.7 Å². The summed E-state index contributed by atoms with van der Waals surface area (Å²) in [7, 11) is 3.13. The molecule has 206 valence electrons. The van der Waals surface area contributed by atoms with Crippen molar-refractivity contribution in [3.05, 3.63) is 95.6 Å². The first kappa shape index (κ1) is 26.8. The highest BCUT2D eigenvalue weighted by Gasteiger charge is 2.39. The number of carbonyl (C=O) groups is 1. The minimum absolute atomic E-state index is 0.0474. The molecule has 0 saturated heterocycles. The number of alkyl halides is 2. The van der Waals surface area contributed by atoms with E-state index in [0.717, 1.165) is 0 Å². The Kier molecular flexibility index (Phi) is 7.18. The molecule has 10 nitrogen and oxygen atoms in total. The number of hydrogen-bond acceptors (Lipinski definition) is 7. The first-order chi connectivity index (χ1) is 19.2. The minimum Gasteiger partial charge on any atom is -0.480 e. The second kappa shape index (κ2) is 10.7. The van der Waals surface area contributed by atoms with Crippen LogP contribution in [0.3, 0.4) is 0 Å². The van der Waals surface area contributed by atoms with E-state index >= 15 is 0 Å². The average Bonchev–Trinajstić information content (AvgIpc) is 3.54. The van der Waals surface area contributed by atoms with Crippen LogP contribution in [0.4, 0.5) is 14.5 Å². The van der Waals surface area contributed by atoms with Crippen LogP contribution in [0.2, 0.25) is 0 Å². The summed E-state index contributed by atoms with van der Waals surface area (Å²) in [6.45, 7) is -0.741. The van der Waals surface area contributed by atoms with E-state index in [4.69, 9.17) is 9.72 Å². The lowest BCUT2D eigenvalue weighted by molar-refractivity contribution is -0.0498. The van der Waals surface area contributed by atoms with E-state index in [1.807, 2.05) is 13.0 Å². The Hall–Kier alpha value is -4.84. The van der Waals surface area contributed by atoms with Crippen molar-refractivity contribution in [1.29, 1.82) is 0 Å². The van der Waals surface area contributed by atoms with Crippen molar-refractivity contribution in [2.75, 3.05) is 12.4 Å². The van der Waals surface area contributed by atoms with Crippen molar-refractivity contribution in [2.45, 2.75) is 25.7 Å². The number of aromatic nitrogens is 5. The van der Waals surface area contributed by atoms with Crippen LogP contribution in [0.15, 0.2) is 73.1 Å². The number of halogens is 2. The smallest absolute Gasteiger partial charge is 0.387 e. The molecule has 12 heteroatoms. The van der Waals surface area contributed by atoms with Crippen LogP contribution in [0, 0.1) is 0 Å². The first-order valence-corrected chi connectivity index (χ1v) is 12.3. The van der Waals surface area contributed by atoms with Gasteiger partial charge in [-0.25, -0.2) is 4.98 Å². The minimum atomic E-state index is -2.98. The van der Waals surface area contributed by atoms with Gasteiger partial charge in [-0.2, -0.15) is 18.9 Å². The molecule has 1 unspecified atom stereocenters. The number of amides is 1. The lowest BCUT2D eigenvalue weighted by Crippen LogP contribution is -2.32. The second-order valence-electron chi connectivity index (χ2n) is 8.90. The summed E-state index contributed by atoms with van der Waals surface area (Å²) in [6, 6.07) is 16.2. The quantitative estimate of drug-likeness (QED) is 0.282. The third-order valence-electron chi connectivity index (χ3n) is 6.44. The zero-order chi connectivity index (χ0) is 28.4. The average molecular weight is 549 g/mol. The van der Waals surface area contributed by atoms with Crippen LogP contribution in [-0.4, -0.2) is 49.1 Å². The number of aliphatic hydroxyl groups is 1. The number of nitrogens with one attached hydrogen (secondary N) is 1. The van der Waals surface area contributed by atoms with Gasteiger partial charge in [-0.05, 0) is 36.2 Å². The zero-order valence-corrected chi connectivity index (χ0v) is 21.9. The van der Waals surface area contributed by atoms with Crippen molar-refractivity contribution >= 4 is 22.8 Å². The topological polar surface area (TPSA) is 116 Å². The number of aryl methyl sites for hydroxylation is 2. The largest absolute Gasteiger partial charge is 0.480 e. The van der Waals surface area contributed by atoms with Gasteiger partial charge in [0, 0.05) is 19.8 Å². The first-order valence-electron chi connectivity index (χ1n) is 12.3. The number of fused-ring (bicyclic) bond motifs is 1. The van der Waals surface area contributed by atoms with Gasteiger partial charge in [0.25, 0.3) is 5.91 Å². The number of methoxy groups -OCH3 is 1. The van der Waals surface area contributed by atoms with E-state index in [-0.39, 0.29) is 28.7 Å². The van der Waals surface area contributed by atoms with Crippen molar-refractivity contribution in [3.63, 3.8) is 0 Å². The molecule has 3 heterocycles. The summed E-state index contributed by atoms with van der Waals surface area (Å²) in [5.74, 6) is -0.234. The van der Waals surface area contributed by atoms with Crippen LogP contribution < -0.4 is 14.8 Å². The summed E-state index contributed by atoms with van der Waals surface area (Å²) in [5, 5.41) is 19.2. The van der Waals surface area contributed by atoms with Gasteiger partial charge in [0.2, 0.25) is 5.88 Å². The monoisotopic (exact) mass is 548 g/mol. The van der Waals surface area contributed by atoms with E-state index in [1.165, 1.54) is 37.6 Å². The number of imidazole rings is 1. The molecule has 2 N–H and O–H groups in total. The van der Waals surface area contributed by atoms with Crippen LogP contribution in [0.5, 0.6) is 11.6 Å². The molecule has 0 aliphatic rings. The molecule has 0 fully saturated rings. The fourth-order valence-electron chi connectivity index (χ4n) is 4.61. The molecule has 0 aliphatic heterocycles. The molecule has 0 bridgehead atoms. The molecule has 5 aromatic rings. The number of rotatable bonds is 9. The van der Waals surface area contributed by atoms with E-state index in [0.29, 0.717) is 28.9 Å². The standard InChI is InChI=1S/C28H26F2N6O4/c1-4-36-22-14-21(24(37)32-19-15-31-35(2)16-19)25(39-3)33-23(22)34-26(36)28(38,17-8-6-5-7-9-17)18-10-12-20(13-11-18)40-27(29)30/h5-16,27,38H,4H2,1-3H3,(H,32,37). The third kappa shape index (κ3) is 4.84. The maximum absolute atomic E-state index is 13.2. The Labute approximate surface area is 227 Å². The molecule has 0 aliphatic carbocycles. The lowest BCUT2D eigenvalue weighted by atomic mass is 9.85. The van der Waals surface area contributed by atoms with Gasteiger partial charge < -0.3 is 24.5 Å². The molecule has 0 spiro atoms. The summed E-state index contributed by atoms with van der Waals surface area (Å²) in [5.41, 5.74) is 0.442. The summed E-state index contributed by atoms with van der Waals surface area (Å²) in [4.78, 5) is 22.4. The Morgan fingerprint density at radius 1 is 1.10 bits per heavy atom. The van der Waals surface area contributed by atoms with Gasteiger partial charge in [-0.3, -0.25) is 9.48 Å². The molecule has 1 atom stereocenters. The summed E-state index contributed by atoms with van der Waals surface area (Å²) in [6.07, 6.45) is 3.17. The highest BCUT2D eigenvalue weighted by molar-refractivity contribution is 6.07. The molecule has 3 aromatic heterocycles. The highest BCUT2D eigenvalue weighted by atomic mass is 19.3. The predicted molar refractivity (Wildman–Crippen MR) is 143 cm³/mol. The SMILES string of the molecule is CCn1c(C(O)(c2ccccc2)c2ccc(OC(F)F)cc2)nc2nc(OC)c(C(=O)Nc3cnn(C)c3)cc21. The molecular formula is C28H26F2N6O4. The van der Waals surface area contributed by atoms with Gasteiger partial charge in [-0.15, -0.1) is 0 Å². The molecule has 5 rings (SSSR count). The number of hydrogen-bond donors (Lipinski definition) is 2. The molecular weight excluding hydrogens is 522 g/mol. The van der Waals surface area contributed by atoms with E-state index in [2.05, 4.69) is 20.1 Å². The summed E-state index contributed by atoms with van der Waals surface area (Å²) >= 11 is 0. The molecule has 0 saturated carbocycles. The normalized spacial score (nSPS) is 12.9. The highest BCUT2D eigenvalue weighted by Crippen LogP contribution is 2.39. The number of nitrogens with zero attached hydrogens (tertiary/aromatic N) is 5. The Morgan fingerprint density at radius 3 is 2.40 bits per heavy atom. The Bertz CT molecular complexity index is 1650. The number of pyridine rings is 1. The van der Waals surface area contributed by atoms with Crippen LogP contribution in [-0.2, 0) is 19.2 Å². The number of anilines is 1. The van der Waals surface area contributed by atoms with Crippen LogP contribution in [0.25, 0.3) is 11.2 Å². The number of carbonyl (C=O) groups excluding carboxylic acids is 1. The summed E-state index contributed by atoms with van der Waals surface area (Å²) < 4.78 is 38.7. The molecule has 2 aromatic carbocycles. The van der Waals surface area contributed by atoms with Crippen LogP contribution >= 0.6 is 0 Å². The second-order valence-corrected chi connectivity index (χ2v) is 8.90. The fraction of sp³-hybridized carbons (Fsp3) is 0.214. The van der Waals surface area contributed by atoms with Crippen molar-refractivity contribution < 1.29 is 28.2 Å². The van der Waals surface area contributed by atoms with Gasteiger partial charge >= 0.3 is 6.61 Å². The van der Waals surface area contributed by atoms with Gasteiger partial charge in [0.1, 0.15) is 11.3 Å². The van der Waals surface area contributed by atoms with Crippen LogP contribution in [0.1, 0.15) is 34.2 Å². The van der Waals surface area contributed by atoms with Crippen molar-refractivity contribution in [2.24, 2.45) is 7.05 Å². The molecule has 1 amide bonds. The molecule has 0 radical (unpaired) electrons. The predicted octanol–water partition coefficient (Wildman–Crippen LogP) is 4.33. The van der Waals surface area contributed by atoms with Gasteiger partial charge in [0.15, 0.2) is 17.1 Å². The van der Waals surface area contributed by atoms with Gasteiger partial charge in [0.05, 0.1) is 24.5 Å². The number of benzene rings is 2. The van der Waals surface area contributed by atoms with Crippen molar-refractivity contribution in [1.82, 2.24) is 24.3 Å². The maximum atomic E-state index is 13.2. The Balaban J connectivity index is 1.67. The zero-order valence-electron chi connectivity index (χ0n) is 21.9. The fourth-order valence-corrected chi connectivity index (χ4v) is 4.61. The number of ether oxygens (including phenoxy) is 2. The molecule has 40 heavy (non-hydrogen) atoms. The third-order valence-corrected chi connectivity index (χ3v) is 6.44.